The van der Waals surface area contributed by atoms with Crippen LogP contribution in [0.1, 0.15) is 28.2 Å². The van der Waals surface area contributed by atoms with E-state index < -0.39 is 0 Å². The smallest absolute Gasteiger partial charge is 0.262 e. The topological polar surface area (TPSA) is 38.3 Å². The first-order valence-corrected chi connectivity index (χ1v) is 7.57. The highest BCUT2D eigenvalue weighted by molar-refractivity contribution is 9.10. The summed E-state index contributed by atoms with van der Waals surface area (Å²) >= 11 is 4.66. The summed E-state index contributed by atoms with van der Waals surface area (Å²) in [5.41, 5.74) is 0.605. The van der Waals surface area contributed by atoms with E-state index in [1.54, 1.807) is 13.0 Å². The molecule has 1 heterocycles. The minimum Gasteiger partial charge on any atom is -0.496 e. The zero-order valence-electron chi connectivity index (χ0n) is 10.9. The van der Waals surface area contributed by atoms with Crippen molar-refractivity contribution in [2.24, 2.45) is 0 Å². The van der Waals surface area contributed by atoms with E-state index in [0.29, 0.717) is 16.2 Å². The number of hydrogen-bond acceptors (Lipinski definition) is 3. The molecular weight excluding hydrogens is 345 g/mol. The fraction of sp³-hybridized carbons (Fsp3) is 0.214. The zero-order chi connectivity index (χ0) is 14.7. The van der Waals surface area contributed by atoms with Gasteiger partial charge in [-0.1, -0.05) is 0 Å². The highest BCUT2D eigenvalue weighted by Gasteiger charge is 2.18. The quantitative estimate of drug-likeness (QED) is 0.892. The van der Waals surface area contributed by atoms with Crippen LogP contribution in [0, 0.1) is 5.82 Å². The summed E-state index contributed by atoms with van der Waals surface area (Å²) in [5, 5.41) is 4.66. The zero-order valence-corrected chi connectivity index (χ0v) is 13.3. The SMILES string of the molecule is COc1ccc(F)cc1C(C)NC(=O)c1sccc1Br. The van der Waals surface area contributed by atoms with E-state index in [0.717, 1.165) is 4.47 Å². The maximum Gasteiger partial charge on any atom is 0.262 e. The molecule has 0 bridgehead atoms. The molecule has 1 atom stereocenters. The second kappa shape index (κ2) is 6.37. The van der Waals surface area contributed by atoms with Crippen molar-refractivity contribution in [3.8, 4) is 5.75 Å². The molecule has 1 N–H and O–H groups in total. The van der Waals surface area contributed by atoms with Crippen LogP contribution in [0.3, 0.4) is 0 Å². The lowest BCUT2D eigenvalue weighted by atomic mass is 10.1. The molecular formula is C14H13BrFNO2S. The van der Waals surface area contributed by atoms with Gasteiger partial charge >= 0.3 is 0 Å². The molecule has 0 saturated carbocycles. The Balaban J connectivity index is 2.20. The van der Waals surface area contributed by atoms with Crippen molar-refractivity contribution >= 4 is 33.2 Å². The fourth-order valence-corrected chi connectivity index (χ4v) is 3.29. The second-order valence-corrected chi connectivity index (χ2v) is 5.95. The molecule has 1 amide bonds. The molecule has 6 heteroatoms. The van der Waals surface area contributed by atoms with Crippen molar-refractivity contribution < 1.29 is 13.9 Å². The van der Waals surface area contributed by atoms with Crippen LogP contribution in [0.25, 0.3) is 0 Å². The van der Waals surface area contributed by atoms with Crippen LogP contribution in [-0.2, 0) is 0 Å². The summed E-state index contributed by atoms with van der Waals surface area (Å²) in [6.45, 7) is 1.79. The Morgan fingerprint density at radius 2 is 2.20 bits per heavy atom. The summed E-state index contributed by atoms with van der Waals surface area (Å²) in [4.78, 5) is 12.7. The van der Waals surface area contributed by atoms with Gasteiger partial charge in [-0.25, -0.2) is 4.39 Å². The number of nitrogens with one attached hydrogen (secondary N) is 1. The lowest BCUT2D eigenvalue weighted by Gasteiger charge is -2.17. The largest absolute Gasteiger partial charge is 0.496 e. The third-order valence-electron chi connectivity index (χ3n) is 2.83. The van der Waals surface area contributed by atoms with Crippen molar-refractivity contribution in [3.63, 3.8) is 0 Å². The Labute approximate surface area is 128 Å². The Morgan fingerprint density at radius 3 is 2.80 bits per heavy atom. The number of carbonyl (C=O) groups excluding carboxylic acids is 1. The number of benzene rings is 1. The molecule has 0 radical (unpaired) electrons. The van der Waals surface area contributed by atoms with Gasteiger partial charge in [-0.3, -0.25) is 4.79 Å². The van der Waals surface area contributed by atoms with Gasteiger partial charge in [0.1, 0.15) is 16.4 Å². The highest BCUT2D eigenvalue weighted by atomic mass is 79.9. The lowest BCUT2D eigenvalue weighted by molar-refractivity contribution is 0.0943. The van der Waals surface area contributed by atoms with Crippen LogP contribution in [0.15, 0.2) is 34.1 Å². The number of hydrogen-bond donors (Lipinski definition) is 1. The molecule has 0 spiro atoms. The van der Waals surface area contributed by atoms with Gasteiger partial charge in [-0.2, -0.15) is 0 Å². The van der Waals surface area contributed by atoms with Gasteiger partial charge in [-0.05, 0) is 52.5 Å². The molecule has 3 nitrogen and oxygen atoms in total. The number of halogens is 2. The normalized spacial score (nSPS) is 12.0. The monoisotopic (exact) mass is 357 g/mol. The van der Waals surface area contributed by atoms with Crippen molar-refractivity contribution in [1.29, 1.82) is 0 Å². The maximum absolute atomic E-state index is 13.3. The van der Waals surface area contributed by atoms with E-state index in [-0.39, 0.29) is 17.8 Å². The number of methoxy groups -OCH3 is 1. The summed E-state index contributed by atoms with van der Waals surface area (Å²) in [6, 6.07) is 5.70. The van der Waals surface area contributed by atoms with E-state index in [4.69, 9.17) is 4.74 Å². The summed E-state index contributed by atoms with van der Waals surface area (Å²) in [7, 11) is 1.52. The molecule has 20 heavy (non-hydrogen) atoms. The summed E-state index contributed by atoms with van der Waals surface area (Å²) in [5.74, 6) is -0.0191. The Hall–Kier alpha value is -1.40. The first-order valence-electron chi connectivity index (χ1n) is 5.90. The van der Waals surface area contributed by atoms with Crippen LogP contribution in [0.4, 0.5) is 4.39 Å². The van der Waals surface area contributed by atoms with E-state index in [2.05, 4.69) is 21.2 Å². The van der Waals surface area contributed by atoms with E-state index in [9.17, 15) is 9.18 Å². The maximum atomic E-state index is 13.3. The number of amides is 1. The molecule has 0 aliphatic heterocycles. The van der Waals surface area contributed by atoms with Crippen molar-refractivity contribution in [3.05, 3.63) is 50.4 Å². The van der Waals surface area contributed by atoms with Gasteiger partial charge in [0, 0.05) is 10.0 Å². The van der Waals surface area contributed by atoms with E-state index in [1.165, 1.54) is 30.6 Å². The number of rotatable bonds is 4. The van der Waals surface area contributed by atoms with E-state index >= 15 is 0 Å². The Morgan fingerprint density at radius 1 is 1.45 bits per heavy atom. The van der Waals surface area contributed by atoms with Gasteiger partial charge in [0.25, 0.3) is 5.91 Å². The predicted molar refractivity (Wildman–Crippen MR) is 80.9 cm³/mol. The molecule has 0 fully saturated rings. The van der Waals surface area contributed by atoms with Crippen LogP contribution in [-0.4, -0.2) is 13.0 Å². The van der Waals surface area contributed by atoms with Crippen LogP contribution in [0.5, 0.6) is 5.75 Å². The predicted octanol–water partition coefficient (Wildman–Crippen LogP) is 4.15. The number of carbonyl (C=O) groups is 1. The number of ether oxygens (including phenoxy) is 1. The molecule has 0 aliphatic rings. The molecule has 0 saturated heterocycles. The number of thiophene rings is 1. The van der Waals surface area contributed by atoms with Gasteiger partial charge in [0.05, 0.1) is 13.2 Å². The standard InChI is InChI=1S/C14H13BrFNO2S/c1-8(10-7-9(16)3-4-12(10)19-2)17-14(18)13-11(15)5-6-20-13/h3-8H,1-2H3,(H,17,18). The molecule has 1 aromatic carbocycles. The second-order valence-electron chi connectivity index (χ2n) is 4.18. The van der Waals surface area contributed by atoms with Crippen LogP contribution in [0.2, 0.25) is 0 Å². The third kappa shape index (κ3) is 3.19. The first-order chi connectivity index (χ1) is 9.52. The lowest BCUT2D eigenvalue weighted by Crippen LogP contribution is -2.26. The Kier molecular flexibility index (Phi) is 4.77. The van der Waals surface area contributed by atoms with Crippen LogP contribution >= 0.6 is 27.3 Å². The molecule has 2 aromatic rings. The molecule has 106 valence electrons. The van der Waals surface area contributed by atoms with Crippen molar-refractivity contribution in [2.75, 3.05) is 7.11 Å². The fourth-order valence-electron chi connectivity index (χ4n) is 1.84. The third-order valence-corrected chi connectivity index (χ3v) is 4.67. The summed E-state index contributed by atoms with van der Waals surface area (Å²) < 4.78 is 19.3. The van der Waals surface area contributed by atoms with Crippen molar-refractivity contribution in [1.82, 2.24) is 5.32 Å². The van der Waals surface area contributed by atoms with Gasteiger partial charge in [-0.15, -0.1) is 11.3 Å². The molecule has 1 unspecified atom stereocenters. The summed E-state index contributed by atoms with van der Waals surface area (Å²) in [6.07, 6.45) is 0. The van der Waals surface area contributed by atoms with Gasteiger partial charge in [0.15, 0.2) is 0 Å². The minimum atomic E-state index is -0.362. The molecule has 1 aromatic heterocycles. The highest BCUT2D eigenvalue weighted by Crippen LogP contribution is 2.27. The van der Waals surface area contributed by atoms with E-state index in [1.807, 2.05) is 11.4 Å². The van der Waals surface area contributed by atoms with Gasteiger partial charge < -0.3 is 10.1 Å². The first kappa shape index (κ1) is 15.0. The molecule has 2 rings (SSSR count). The minimum absolute atomic E-state index is 0.203. The van der Waals surface area contributed by atoms with Crippen LogP contribution < -0.4 is 10.1 Å². The van der Waals surface area contributed by atoms with Gasteiger partial charge in [0.2, 0.25) is 0 Å². The molecule has 0 aliphatic carbocycles. The van der Waals surface area contributed by atoms with Crippen molar-refractivity contribution in [2.45, 2.75) is 13.0 Å². The average molecular weight is 358 g/mol. The Bertz CT molecular complexity index is 629. The average Bonchev–Trinajstić information content (AvgIpc) is 2.85.